The molecular weight excluding hydrogens is 316 g/mol. The third-order valence-electron chi connectivity index (χ3n) is 4.08. The van der Waals surface area contributed by atoms with Crippen molar-refractivity contribution in [3.8, 4) is 0 Å². The van der Waals surface area contributed by atoms with Crippen LogP contribution in [0.3, 0.4) is 0 Å². The summed E-state index contributed by atoms with van der Waals surface area (Å²) in [5.74, 6) is 0.713. The van der Waals surface area contributed by atoms with Gasteiger partial charge in [0.15, 0.2) is 0 Å². The van der Waals surface area contributed by atoms with Crippen LogP contribution in [0.4, 0.5) is 11.4 Å². The van der Waals surface area contributed by atoms with Crippen molar-refractivity contribution in [3.05, 3.63) is 66.7 Å². The minimum atomic E-state index is -0.0731. The van der Waals surface area contributed by atoms with Gasteiger partial charge in [-0.05, 0) is 49.2 Å². The van der Waals surface area contributed by atoms with Gasteiger partial charge in [0.2, 0.25) is 0 Å². The lowest BCUT2D eigenvalue weighted by Crippen LogP contribution is -2.17. The predicted molar refractivity (Wildman–Crippen MR) is 103 cm³/mol. The molecule has 1 fully saturated rings. The Labute approximate surface area is 147 Å². The third-order valence-corrected chi connectivity index (χ3v) is 5.15. The summed E-state index contributed by atoms with van der Waals surface area (Å²) in [6, 6.07) is 15.8. The summed E-state index contributed by atoms with van der Waals surface area (Å²) in [7, 11) is 0. The topological polar surface area (TPSA) is 32.3 Å². The van der Waals surface area contributed by atoms with Crippen LogP contribution in [0, 0.1) is 0 Å². The normalized spacial score (nSPS) is 13.8. The molecule has 1 aliphatic heterocycles. The van der Waals surface area contributed by atoms with Crippen molar-refractivity contribution in [2.24, 2.45) is 0 Å². The van der Waals surface area contributed by atoms with E-state index in [0.717, 1.165) is 29.4 Å². The van der Waals surface area contributed by atoms with Gasteiger partial charge >= 0.3 is 0 Å². The summed E-state index contributed by atoms with van der Waals surface area (Å²) < 4.78 is 0. The molecule has 0 bridgehead atoms. The predicted octanol–water partition coefficient (Wildman–Crippen LogP) is 4.82. The molecule has 3 rings (SSSR count). The van der Waals surface area contributed by atoms with E-state index >= 15 is 0 Å². The molecular formula is C20H22N2OS. The van der Waals surface area contributed by atoms with E-state index in [4.69, 9.17) is 0 Å². The molecule has 0 aromatic heterocycles. The van der Waals surface area contributed by atoms with E-state index in [1.165, 1.54) is 18.5 Å². The molecule has 0 aliphatic carbocycles. The lowest BCUT2D eigenvalue weighted by molar-refractivity contribution is 0.102. The molecule has 0 atom stereocenters. The van der Waals surface area contributed by atoms with Crippen LogP contribution in [0.5, 0.6) is 0 Å². The SMILES string of the molecule is C=CCSc1ccccc1C(=O)Nc1ccc(N2CCCC2)cc1. The Morgan fingerprint density at radius 3 is 2.54 bits per heavy atom. The van der Waals surface area contributed by atoms with Gasteiger partial charge in [0, 0.05) is 35.1 Å². The zero-order chi connectivity index (χ0) is 16.8. The lowest BCUT2D eigenvalue weighted by Gasteiger charge is -2.18. The van der Waals surface area contributed by atoms with Gasteiger partial charge in [-0.3, -0.25) is 4.79 Å². The van der Waals surface area contributed by atoms with Gasteiger partial charge in [0.1, 0.15) is 0 Å². The maximum atomic E-state index is 12.6. The largest absolute Gasteiger partial charge is 0.372 e. The maximum Gasteiger partial charge on any atom is 0.256 e. The Hall–Kier alpha value is -2.20. The van der Waals surface area contributed by atoms with E-state index in [1.807, 2.05) is 42.5 Å². The van der Waals surface area contributed by atoms with Crippen LogP contribution in [-0.2, 0) is 0 Å². The molecule has 124 valence electrons. The van der Waals surface area contributed by atoms with Gasteiger partial charge in [-0.25, -0.2) is 0 Å². The Morgan fingerprint density at radius 1 is 1.12 bits per heavy atom. The van der Waals surface area contributed by atoms with Gasteiger partial charge in [-0.1, -0.05) is 18.2 Å². The van der Waals surface area contributed by atoms with Gasteiger partial charge in [0.25, 0.3) is 5.91 Å². The average Bonchev–Trinajstić information content (AvgIpc) is 3.15. The first-order valence-electron chi connectivity index (χ1n) is 8.27. The van der Waals surface area contributed by atoms with E-state index in [2.05, 4.69) is 28.9 Å². The smallest absolute Gasteiger partial charge is 0.256 e. The molecule has 2 aromatic rings. The molecule has 1 amide bonds. The van der Waals surface area contributed by atoms with Crippen molar-refractivity contribution >= 4 is 29.0 Å². The Bertz CT molecular complexity index is 706. The van der Waals surface area contributed by atoms with Crippen LogP contribution in [0.25, 0.3) is 0 Å². The molecule has 3 nitrogen and oxygen atoms in total. The second-order valence-electron chi connectivity index (χ2n) is 5.79. The summed E-state index contributed by atoms with van der Waals surface area (Å²) >= 11 is 1.62. The number of nitrogens with one attached hydrogen (secondary N) is 1. The first-order valence-corrected chi connectivity index (χ1v) is 9.25. The van der Waals surface area contributed by atoms with E-state index in [-0.39, 0.29) is 5.91 Å². The van der Waals surface area contributed by atoms with Gasteiger partial charge < -0.3 is 10.2 Å². The van der Waals surface area contributed by atoms with Crippen molar-refractivity contribution in [2.75, 3.05) is 29.1 Å². The highest BCUT2D eigenvalue weighted by Crippen LogP contribution is 2.25. The fourth-order valence-corrected chi connectivity index (χ4v) is 3.65. The molecule has 1 heterocycles. The Morgan fingerprint density at radius 2 is 1.83 bits per heavy atom. The first-order chi connectivity index (χ1) is 11.8. The highest BCUT2D eigenvalue weighted by atomic mass is 32.2. The number of nitrogens with zero attached hydrogens (tertiary/aromatic N) is 1. The highest BCUT2D eigenvalue weighted by Gasteiger charge is 2.13. The number of anilines is 2. The number of benzene rings is 2. The van der Waals surface area contributed by atoms with Crippen molar-refractivity contribution < 1.29 is 4.79 Å². The standard InChI is InChI=1S/C20H22N2OS/c1-2-15-24-19-8-4-3-7-18(19)20(23)21-16-9-11-17(12-10-16)22-13-5-6-14-22/h2-4,7-12H,1,5-6,13-15H2,(H,21,23). The Kier molecular flexibility index (Phi) is 5.59. The van der Waals surface area contributed by atoms with Crippen LogP contribution in [0.1, 0.15) is 23.2 Å². The van der Waals surface area contributed by atoms with E-state index in [0.29, 0.717) is 5.56 Å². The van der Waals surface area contributed by atoms with Crippen LogP contribution < -0.4 is 10.2 Å². The van der Waals surface area contributed by atoms with Gasteiger partial charge in [-0.15, -0.1) is 18.3 Å². The quantitative estimate of drug-likeness (QED) is 0.605. The first kappa shape index (κ1) is 16.7. The number of carbonyl (C=O) groups is 1. The molecule has 1 aliphatic rings. The number of rotatable bonds is 6. The van der Waals surface area contributed by atoms with Crippen LogP contribution in [0.2, 0.25) is 0 Å². The minimum absolute atomic E-state index is 0.0731. The summed E-state index contributed by atoms with van der Waals surface area (Å²) in [6.07, 6.45) is 4.37. The number of carbonyl (C=O) groups excluding carboxylic acids is 1. The van der Waals surface area contributed by atoms with Crippen LogP contribution in [-0.4, -0.2) is 24.7 Å². The van der Waals surface area contributed by atoms with Crippen molar-refractivity contribution in [2.45, 2.75) is 17.7 Å². The van der Waals surface area contributed by atoms with Crippen LogP contribution >= 0.6 is 11.8 Å². The van der Waals surface area contributed by atoms with Crippen LogP contribution in [0.15, 0.2) is 66.1 Å². The highest BCUT2D eigenvalue weighted by molar-refractivity contribution is 7.99. The molecule has 0 unspecified atom stereocenters. The summed E-state index contributed by atoms with van der Waals surface area (Å²) in [5, 5.41) is 3.00. The fraction of sp³-hybridized carbons (Fsp3) is 0.250. The summed E-state index contributed by atoms with van der Waals surface area (Å²) in [4.78, 5) is 15.9. The molecule has 0 saturated carbocycles. The Balaban J connectivity index is 1.69. The van der Waals surface area contributed by atoms with E-state index in [9.17, 15) is 4.79 Å². The van der Waals surface area contributed by atoms with E-state index < -0.39 is 0 Å². The average molecular weight is 338 g/mol. The number of thioether (sulfide) groups is 1. The van der Waals surface area contributed by atoms with Crippen molar-refractivity contribution in [3.63, 3.8) is 0 Å². The second-order valence-corrected chi connectivity index (χ2v) is 6.85. The molecule has 24 heavy (non-hydrogen) atoms. The van der Waals surface area contributed by atoms with Gasteiger partial charge in [0.05, 0.1) is 5.56 Å². The third kappa shape index (κ3) is 4.01. The fourth-order valence-electron chi connectivity index (χ4n) is 2.86. The lowest BCUT2D eigenvalue weighted by atomic mass is 10.2. The molecule has 0 spiro atoms. The molecule has 2 aromatic carbocycles. The number of amides is 1. The second kappa shape index (κ2) is 8.06. The molecule has 4 heteroatoms. The van der Waals surface area contributed by atoms with Gasteiger partial charge in [-0.2, -0.15) is 0 Å². The number of hydrogen-bond donors (Lipinski definition) is 1. The monoisotopic (exact) mass is 338 g/mol. The minimum Gasteiger partial charge on any atom is -0.372 e. The van der Waals surface area contributed by atoms with Crippen molar-refractivity contribution in [1.82, 2.24) is 0 Å². The zero-order valence-corrected chi connectivity index (χ0v) is 14.5. The summed E-state index contributed by atoms with van der Waals surface area (Å²) in [5.41, 5.74) is 2.76. The van der Waals surface area contributed by atoms with E-state index in [1.54, 1.807) is 11.8 Å². The molecule has 1 saturated heterocycles. The molecule has 1 N–H and O–H groups in total. The maximum absolute atomic E-state index is 12.6. The molecule has 0 radical (unpaired) electrons. The van der Waals surface area contributed by atoms with Crippen molar-refractivity contribution in [1.29, 1.82) is 0 Å². The number of hydrogen-bond acceptors (Lipinski definition) is 3. The summed E-state index contributed by atoms with van der Waals surface area (Å²) in [6.45, 7) is 5.98. The zero-order valence-electron chi connectivity index (χ0n) is 13.7.